The molecule has 0 saturated carbocycles. The predicted octanol–water partition coefficient (Wildman–Crippen LogP) is 2.64. The zero-order valence-electron chi connectivity index (χ0n) is 7.15. The minimum Gasteiger partial charge on any atom is -0.196 e. The molecule has 0 nitrogen and oxygen atoms in total. The Balaban J connectivity index is 0.000000810. The van der Waals surface area contributed by atoms with Gasteiger partial charge in [0.1, 0.15) is 0 Å². The Kier molecular flexibility index (Phi) is 3.90. The first-order valence-corrected chi connectivity index (χ1v) is 3.33. The zero-order chi connectivity index (χ0) is 7.02. The van der Waals surface area contributed by atoms with Crippen LogP contribution in [-0.4, -0.2) is 0 Å². The van der Waals surface area contributed by atoms with Crippen molar-refractivity contribution in [3.8, 4) is 0 Å². The number of aryl methyl sites for hydroxylation is 2. The van der Waals surface area contributed by atoms with Crippen molar-refractivity contribution in [2.24, 2.45) is 0 Å². The Hall–Kier alpha value is 0.454. The monoisotopic (exact) mass is 210 g/mol. The maximum absolute atomic E-state index is 2.24. The summed E-state index contributed by atoms with van der Waals surface area (Å²) in [5.41, 5.74) is 5.75. The SMILES string of the molecule is Cc1[cH-]c(C)c(C)c1C.[Y]. The smallest absolute Gasteiger partial charge is 0 e. The third-order valence-corrected chi connectivity index (χ3v) is 2.18. The van der Waals surface area contributed by atoms with Crippen molar-refractivity contribution in [2.75, 3.05) is 0 Å². The summed E-state index contributed by atoms with van der Waals surface area (Å²) in [6, 6.07) is 2.24. The molecule has 1 radical (unpaired) electrons. The van der Waals surface area contributed by atoms with E-state index in [-0.39, 0.29) is 32.7 Å². The van der Waals surface area contributed by atoms with Gasteiger partial charge in [-0.25, -0.2) is 0 Å². The molecule has 53 valence electrons. The van der Waals surface area contributed by atoms with E-state index in [1.165, 1.54) is 22.3 Å². The molecule has 0 aliphatic rings. The Morgan fingerprint density at radius 1 is 0.800 bits per heavy atom. The first kappa shape index (κ1) is 10.5. The molecular weight excluding hydrogens is 197 g/mol. The molecule has 0 saturated heterocycles. The molecule has 0 aliphatic carbocycles. The zero-order valence-corrected chi connectivity index (χ0v) is 9.99. The van der Waals surface area contributed by atoms with Gasteiger partial charge in [-0.05, 0) is 0 Å². The second-order valence-electron chi connectivity index (χ2n) is 2.76. The summed E-state index contributed by atoms with van der Waals surface area (Å²) in [4.78, 5) is 0. The van der Waals surface area contributed by atoms with E-state index in [1.807, 2.05) is 0 Å². The molecule has 10 heavy (non-hydrogen) atoms. The summed E-state index contributed by atoms with van der Waals surface area (Å²) in [5, 5.41) is 0. The summed E-state index contributed by atoms with van der Waals surface area (Å²) < 4.78 is 0. The molecule has 0 fully saturated rings. The summed E-state index contributed by atoms with van der Waals surface area (Å²) >= 11 is 0. The fourth-order valence-corrected chi connectivity index (χ4v) is 1.13. The van der Waals surface area contributed by atoms with Crippen LogP contribution >= 0.6 is 0 Å². The van der Waals surface area contributed by atoms with Gasteiger partial charge in [-0.2, -0.15) is 28.3 Å². The van der Waals surface area contributed by atoms with Crippen LogP contribution in [0.2, 0.25) is 0 Å². The molecule has 0 aromatic heterocycles. The van der Waals surface area contributed by atoms with Crippen LogP contribution in [0.15, 0.2) is 6.07 Å². The van der Waals surface area contributed by atoms with Crippen molar-refractivity contribution < 1.29 is 32.7 Å². The average Bonchev–Trinajstić information content (AvgIpc) is 1.98. The van der Waals surface area contributed by atoms with Gasteiger partial charge in [0, 0.05) is 32.7 Å². The molecule has 1 rings (SSSR count). The second kappa shape index (κ2) is 3.73. The maximum atomic E-state index is 2.24. The number of hydrogen-bond acceptors (Lipinski definition) is 0. The van der Waals surface area contributed by atoms with Gasteiger partial charge in [0.05, 0.1) is 0 Å². The quantitative estimate of drug-likeness (QED) is 0.577. The first-order valence-electron chi connectivity index (χ1n) is 3.33. The molecule has 0 atom stereocenters. The van der Waals surface area contributed by atoms with Crippen LogP contribution in [0.1, 0.15) is 22.3 Å². The van der Waals surface area contributed by atoms with Crippen molar-refractivity contribution in [1.29, 1.82) is 0 Å². The molecular formula is C9H13Y-. The van der Waals surface area contributed by atoms with Gasteiger partial charge in [0.25, 0.3) is 0 Å². The van der Waals surface area contributed by atoms with Crippen LogP contribution in [0.4, 0.5) is 0 Å². The van der Waals surface area contributed by atoms with Crippen LogP contribution in [0.25, 0.3) is 0 Å². The van der Waals surface area contributed by atoms with Crippen molar-refractivity contribution in [3.63, 3.8) is 0 Å². The third-order valence-electron chi connectivity index (χ3n) is 2.18. The van der Waals surface area contributed by atoms with Crippen LogP contribution < -0.4 is 0 Å². The van der Waals surface area contributed by atoms with Gasteiger partial charge >= 0.3 is 0 Å². The van der Waals surface area contributed by atoms with Gasteiger partial charge in [-0.1, -0.05) is 27.7 Å². The van der Waals surface area contributed by atoms with Gasteiger partial charge in [-0.15, -0.1) is 0 Å². The van der Waals surface area contributed by atoms with Gasteiger partial charge in [-0.3, -0.25) is 0 Å². The van der Waals surface area contributed by atoms with E-state index in [0.29, 0.717) is 0 Å². The Labute approximate surface area is 88.3 Å². The Morgan fingerprint density at radius 3 is 1.20 bits per heavy atom. The molecule has 0 heterocycles. The molecule has 0 bridgehead atoms. The molecule has 1 aromatic carbocycles. The average molecular weight is 210 g/mol. The van der Waals surface area contributed by atoms with E-state index in [0.717, 1.165) is 0 Å². The van der Waals surface area contributed by atoms with E-state index in [2.05, 4.69) is 33.8 Å². The van der Waals surface area contributed by atoms with Crippen LogP contribution in [-0.2, 0) is 32.7 Å². The van der Waals surface area contributed by atoms with Crippen LogP contribution in [0, 0.1) is 27.7 Å². The molecule has 0 spiro atoms. The van der Waals surface area contributed by atoms with E-state index < -0.39 is 0 Å². The van der Waals surface area contributed by atoms with Crippen molar-refractivity contribution in [2.45, 2.75) is 27.7 Å². The minimum absolute atomic E-state index is 0. The molecule has 0 N–H and O–H groups in total. The standard InChI is InChI=1S/C9H13.Y/c1-6-5-7(2)9(4)8(6)3;/h5H,1-4H3;/q-1;. The summed E-state index contributed by atoms with van der Waals surface area (Å²) in [7, 11) is 0. The predicted molar refractivity (Wildman–Crippen MR) is 41.0 cm³/mol. The van der Waals surface area contributed by atoms with Gasteiger partial charge in [0.15, 0.2) is 0 Å². The van der Waals surface area contributed by atoms with E-state index in [4.69, 9.17) is 0 Å². The Morgan fingerprint density at radius 2 is 1.10 bits per heavy atom. The normalized spacial score (nSPS) is 9.20. The Bertz CT molecular complexity index is 198. The fourth-order valence-electron chi connectivity index (χ4n) is 1.13. The molecule has 0 unspecified atom stereocenters. The van der Waals surface area contributed by atoms with Gasteiger partial charge < -0.3 is 0 Å². The fraction of sp³-hybridized carbons (Fsp3) is 0.444. The molecule has 0 aliphatic heterocycles. The first-order chi connectivity index (χ1) is 4.13. The summed E-state index contributed by atoms with van der Waals surface area (Å²) in [6.07, 6.45) is 0. The molecule has 0 amide bonds. The minimum atomic E-state index is 0. The third kappa shape index (κ3) is 1.73. The van der Waals surface area contributed by atoms with Crippen molar-refractivity contribution in [1.82, 2.24) is 0 Å². The number of hydrogen-bond donors (Lipinski definition) is 0. The largest absolute Gasteiger partial charge is 0.196 e. The maximum Gasteiger partial charge on any atom is 0 e. The van der Waals surface area contributed by atoms with E-state index >= 15 is 0 Å². The topological polar surface area (TPSA) is 0 Å². The van der Waals surface area contributed by atoms with Gasteiger partial charge in [0.2, 0.25) is 0 Å². The summed E-state index contributed by atoms with van der Waals surface area (Å²) in [6.45, 7) is 8.68. The molecule has 1 heteroatoms. The second-order valence-corrected chi connectivity index (χ2v) is 2.76. The van der Waals surface area contributed by atoms with E-state index in [9.17, 15) is 0 Å². The summed E-state index contributed by atoms with van der Waals surface area (Å²) in [5.74, 6) is 0. The van der Waals surface area contributed by atoms with Crippen LogP contribution in [0.3, 0.4) is 0 Å². The van der Waals surface area contributed by atoms with Crippen molar-refractivity contribution >= 4 is 0 Å². The van der Waals surface area contributed by atoms with Crippen molar-refractivity contribution in [3.05, 3.63) is 28.3 Å². The molecule has 1 aromatic rings. The van der Waals surface area contributed by atoms with E-state index in [1.54, 1.807) is 0 Å². The number of rotatable bonds is 0. The van der Waals surface area contributed by atoms with Crippen LogP contribution in [0.5, 0.6) is 0 Å².